The first-order valence-electron chi connectivity index (χ1n) is 12.1. The first-order valence-corrected chi connectivity index (χ1v) is 13.4. The van der Waals surface area contributed by atoms with Gasteiger partial charge in [-0.15, -0.1) is 0 Å². The Morgan fingerprint density at radius 2 is 1.95 bits per heavy atom. The molecule has 0 spiro atoms. The van der Waals surface area contributed by atoms with Crippen LogP contribution >= 0.6 is 23.4 Å². The van der Waals surface area contributed by atoms with Crippen LogP contribution in [0.5, 0.6) is 11.5 Å². The highest BCUT2D eigenvalue weighted by Crippen LogP contribution is 2.35. The number of methoxy groups -OCH3 is 2. The zero-order chi connectivity index (χ0) is 28.4. The number of aromatic nitrogens is 4. The third kappa shape index (κ3) is 5.73. The van der Waals surface area contributed by atoms with Gasteiger partial charge >= 0.3 is 0 Å². The number of amidine groups is 1. The van der Waals surface area contributed by atoms with Gasteiger partial charge < -0.3 is 9.47 Å². The largest absolute Gasteiger partial charge is 0.494 e. The second-order valence-electron chi connectivity index (χ2n) is 8.82. The molecular formula is C26H23ClFN7O4S. The van der Waals surface area contributed by atoms with E-state index in [0.29, 0.717) is 16.6 Å². The molecule has 1 amide bonds. The smallest absolute Gasteiger partial charge is 0.295 e. The van der Waals surface area contributed by atoms with E-state index in [1.54, 1.807) is 0 Å². The molecule has 5 rings (SSSR count). The molecule has 1 fully saturated rings. The van der Waals surface area contributed by atoms with E-state index >= 15 is 0 Å². The molecule has 3 aromatic heterocycles. The van der Waals surface area contributed by atoms with Crippen LogP contribution in [-0.4, -0.2) is 50.4 Å². The van der Waals surface area contributed by atoms with Crippen molar-refractivity contribution >= 4 is 34.4 Å². The van der Waals surface area contributed by atoms with Crippen molar-refractivity contribution in [2.45, 2.75) is 31.3 Å². The van der Waals surface area contributed by atoms with Crippen molar-refractivity contribution in [1.29, 1.82) is 0 Å². The van der Waals surface area contributed by atoms with Crippen molar-refractivity contribution in [2.75, 3.05) is 14.2 Å². The van der Waals surface area contributed by atoms with Gasteiger partial charge in [0.2, 0.25) is 0 Å². The number of ether oxygens (including phenoxy) is 2. The number of thioether (sulfide) groups is 1. The Kier molecular flexibility index (Phi) is 7.90. The molecule has 0 saturated heterocycles. The molecule has 206 valence electrons. The summed E-state index contributed by atoms with van der Waals surface area (Å²) in [5.41, 5.74) is 3.07. The lowest BCUT2D eigenvalue weighted by Crippen LogP contribution is -2.29. The summed E-state index contributed by atoms with van der Waals surface area (Å²) in [5.74, 6) is 6.59. The quantitative estimate of drug-likeness (QED) is 0.419. The molecule has 0 radical (unpaired) electrons. The van der Waals surface area contributed by atoms with E-state index in [-0.39, 0.29) is 44.5 Å². The van der Waals surface area contributed by atoms with Crippen LogP contribution in [0.3, 0.4) is 0 Å². The minimum atomic E-state index is -1.39. The van der Waals surface area contributed by atoms with Gasteiger partial charge in [-0.1, -0.05) is 23.4 Å². The molecule has 2 atom stereocenters. The highest BCUT2D eigenvalue weighted by atomic mass is 35.5. The molecule has 1 saturated carbocycles. The monoisotopic (exact) mass is 583 g/mol. The second kappa shape index (κ2) is 11.5. The van der Waals surface area contributed by atoms with Crippen molar-refractivity contribution in [3.63, 3.8) is 0 Å². The van der Waals surface area contributed by atoms with Gasteiger partial charge in [0, 0.05) is 23.2 Å². The highest BCUT2D eigenvalue weighted by molar-refractivity contribution is 8.14. The Morgan fingerprint density at radius 1 is 1.18 bits per heavy atom. The second-order valence-corrected chi connectivity index (χ2v) is 10.3. The van der Waals surface area contributed by atoms with E-state index in [4.69, 9.17) is 21.1 Å². The summed E-state index contributed by atoms with van der Waals surface area (Å²) < 4.78 is 25.7. The van der Waals surface area contributed by atoms with E-state index in [1.807, 2.05) is 0 Å². The van der Waals surface area contributed by atoms with Gasteiger partial charge in [-0.2, -0.15) is 14.9 Å². The lowest BCUT2D eigenvalue weighted by atomic mass is 9.99. The van der Waals surface area contributed by atoms with Gasteiger partial charge in [-0.05, 0) is 43.7 Å². The van der Waals surface area contributed by atoms with Crippen LogP contribution in [0.15, 0.2) is 40.6 Å². The summed E-state index contributed by atoms with van der Waals surface area (Å²) in [7, 11) is 2.79. The standard InChI is InChI=1S/C26H23ClFN7O4S/c1-13(28)18-8-16(19(38-2)11-29-18)15-9-21(35-25(37)23(27)20(39-3)12-31-35)30-10-17(15)24(36)32-26-34-33-22(40-26)7-6-14-4-5-14/h8-14,22,33H,4-5H2,1-3H3,(H,32,34,36). The number of alkyl halides is 1. The summed E-state index contributed by atoms with van der Waals surface area (Å²) in [5, 5.41) is 10.9. The summed E-state index contributed by atoms with van der Waals surface area (Å²) in [6.45, 7) is 1.35. The fourth-order valence-corrected chi connectivity index (χ4v) is 4.64. The Bertz CT molecular complexity index is 1630. The van der Waals surface area contributed by atoms with E-state index in [0.717, 1.165) is 17.5 Å². The van der Waals surface area contributed by atoms with Crippen LogP contribution in [0.1, 0.15) is 42.0 Å². The van der Waals surface area contributed by atoms with Crippen LogP contribution in [0.2, 0.25) is 5.02 Å². The van der Waals surface area contributed by atoms with Gasteiger partial charge in [0.15, 0.2) is 27.1 Å². The van der Waals surface area contributed by atoms with Crippen LogP contribution in [0.4, 0.5) is 4.39 Å². The van der Waals surface area contributed by atoms with Gasteiger partial charge in [-0.3, -0.25) is 25.3 Å². The number of hydrogen-bond acceptors (Lipinski definition) is 10. The highest BCUT2D eigenvalue weighted by Gasteiger charge is 2.25. The van der Waals surface area contributed by atoms with E-state index < -0.39 is 17.6 Å². The zero-order valence-electron chi connectivity index (χ0n) is 21.6. The average Bonchev–Trinajstić information content (AvgIpc) is 3.69. The topological polar surface area (TPSA) is 133 Å². The number of hydrogen-bond donors (Lipinski definition) is 2. The van der Waals surface area contributed by atoms with Gasteiger partial charge in [0.25, 0.3) is 11.5 Å². The van der Waals surface area contributed by atoms with Crippen molar-refractivity contribution < 1.29 is 18.7 Å². The van der Waals surface area contributed by atoms with Crippen LogP contribution in [-0.2, 0) is 0 Å². The number of pyridine rings is 2. The Labute approximate surface area is 237 Å². The molecule has 3 aromatic rings. The number of rotatable bonds is 6. The Hall–Kier alpha value is -4.15. The minimum Gasteiger partial charge on any atom is -0.494 e. The number of hydrazone groups is 1. The number of carbonyl (C=O) groups excluding carboxylic acids is 1. The fourth-order valence-electron chi connectivity index (χ4n) is 3.72. The molecule has 40 heavy (non-hydrogen) atoms. The van der Waals surface area contributed by atoms with Crippen molar-refractivity contribution in [2.24, 2.45) is 11.0 Å². The maximum atomic E-state index is 14.2. The molecule has 1 aliphatic carbocycles. The van der Waals surface area contributed by atoms with Crippen molar-refractivity contribution in [3.8, 4) is 40.3 Å². The van der Waals surface area contributed by atoms with Crippen molar-refractivity contribution in [1.82, 2.24) is 30.5 Å². The predicted octanol–water partition coefficient (Wildman–Crippen LogP) is 3.47. The zero-order valence-corrected chi connectivity index (χ0v) is 23.1. The SMILES string of the molecule is COc1cnc(C(C)F)cc1-c1cc(-n2ncc(OC)c(Cl)c2=O)ncc1C(=O)NC1=NNC(C#CC2CC2)S1. The molecule has 2 N–H and O–H groups in total. The van der Waals surface area contributed by atoms with Gasteiger partial charge in [0.05, 0.1) is 37.9 Å². The number of amides is 1. The molecular weight excluding hydrogens is 561 g/mol. The molecule has 14 heteroatoms. The molecule has 2 unspecified atom stereocenters. The maximum absolute atomic E-state index is 14.2. The van der Waals surface area contributed by atoms with Crippen LogP contribution in [0, 0.1) is 17.8 Å². The normalized spacial score (nSPS) is 16.7. The summed E-state index contributed by atoms with van der Waals surface area (Å²) in [6, 6.07) is 2.94. The average molecular weight is 584 g/mol. The fraction of sp³-hybridized carbons (Fsp3) is 0.308. The molecule has 4 heterocycles. The van der Waals surface area contributed by atoms with Gasteiger partial charge in [0.1, 0.15) is 11.9 Å². The summed E-state index contributed by atoms with van der Waals surface area (Å²) >= 11 is 7.42. The lowest BCUT2D eigenvalue weighted by Gasteiger charge is -2.16. The first-order chi connectivity index (χ1) is 19.3. The molecule has 1 aliphatic heterocycles. The Balaban J connectivity index is 1.55. The Morgan fingerprint density at radius 3 is 2.65 bits per heavy atom. The number of halogens is 2. The third-order valence-electron chi connectivity index (χ3n) is 5.99. The number of nitrogens with zero attached hydrogens (tertiary/aromatic N) is 5. The van der Waals surface area contributed by atoms with E-state index in [2.05, 4.69) is 42.8 Å². The van der Waals surface area contributed by atoms with E-state index in [9.17, 15) is 14.0 Å². The van der Waals surface area contributed by atoms with Crippen LogP contribution < -0.4 is 25.8 Å². The minimum absolute atomic E-state index is 0.0551. The number of nitrogens with one attached hydrogen (secondary N) is 2. The summed E-state index contributed by atoms with van der Waals surface area (Å²) in [6.07, 6.45) is 4.73. The molecule has 0 bridgehead atoms. The molecule has 11 nitrogen and oxygen atoms in total. The van der Waals surface area contributed by atoms with Crippen molar-refractivity contribution in [3.05, 3.63) is 57.4 Å². The van der Waals surface area contributed by atoms with Crippen LogP contribution in [0.25, 0.3) is 16.9 Å². The predicted molar refractivity (Wildman–Crippen MR) is 148 cm³/mol. The molecule has 2 aliphatic rings. The third-order valence-corrected chi connectivity index (χ3v) is 7.22. The van der Waals surface area contributed by atoms with E-state index in [1.165, 1.54) is 63.6 Å². The van der Waals surface area contributed by atoms with Gasteiger partial charge in [-0.25, -0.2) is 9.37 Å². The first kappa shape index (κ1) is 27.4. The molecule has 0 aromatic carbocycles. The maximum Gasteiger partial charge on any atom is 0.295 e. The summed E-state index contributed by atoms with van der Waals surface area (Å²) in [4.78, 5) is 34.8. The number of carbonyl (C=O) groups is 1. The lowest BCUT2D eigenvalue weighted by molar-refractivity contribution is 0.0978.